The average Bonchev–Trinajstić information content (AvgIpc) is 2.87. The van der Waals surface area contributed by atoms with Crippen LogP contribution in [-0.4, -0.2) is 40.5 Å². The van der Waals surface area contributed by atoms with Crippen LogP contribution in [0.4, 0.5) is 0 Å². The maximum absolute atomic E-state index is 12.4. The van der Waals surface area contributed by atoms with E-state index in [1.54, 1.807) is 18.7 Å². The topological polar surface area (TPSA) is 69.6 Å². The molecule has 1 aromatic heterocycles. The first-order valence-electron chi connectivity index (χ1n) is 7.03. The molecule has 2 amide bonds. The van der Waals surface area contributed by atoms with Crippen LogP contribution in [-0.2, 0) is 9.59 Å². The van der Waals surface area contributed by atoms with E-state index in [0.29, 0.717) is 6.54 Å². The van der Waals surface area contributed by atoms with Crippen molar-refractivity contribution in [3.8, 4) is 0 Å². The van der Waals surface area contributed by atoms with Crippen LogP contribution in [0.5, 0.6) is 0 Å². The molecule has 6 heteroatoms. The average molecular weight is 312 g/mol. The summed E-state index contributed by atoms with van der Waals surface area (Å²) < 4.78 is 0. The number of carbonyl (C=O) groups is 2. The molecule has 0 aliphatic carbocycles. The molecule has 1 unspecified atom stereocenters. The van der Waals surface area contributed by atoms with Crippen molar-refractivity contribution in [3.63, 3.8) is 0 Å². The van der Waals surface area contributed by atoms with E-state index in [9.17, 15) is 14.7 Å². The number of amides is 2. The Bertz CT molecular complexity index is 466. The molecule has 1 atom stereocenters. The van der Waals surface area contributed by atoms with Gasteiger partial charge in [0, 0.05) is 24.9 Å². The van der Waals surface area contributed by atoms with Gasteiger partial charge in [0.2, 0.25) is 11.8 Å². The second-order valence-electron chi connectivity index (χ2n) is 5.69. The Labute approximate surface area is 130 Å². The monoisotopic (exact) mass is 312 g/mol. The first-order valence-corrected chi connectivity index (χ1v) is 7.91. The lowest BCUT2D eigenvalue weighted by molar-refractivity contribution is -0.134. The Morgan fingerprint density at radius 3 is 2.57 bits per heavy atom. The Balaban J connectivity index is 2.77. The van der Waals surface area contributed by atoms with E-state index in [-0.39, 0.29) is 30.8 Å². The highest BCUT2D eigenvalue weighted by Gasteiger charge is 2.25. The second kappa shape index (κ2) is 7.56. The zero-order valence-electron chi connectivity index (χ0n) is 13.0. The number of carbonyl (C=O) groups excluding carboxylic acids is 2. The van der Waals surface area contributed by atoms with Crippen LogP contribution in [0.25, 0.3) is 0 Å². The molecule has 1 rings (SSSR count). The first-order chi connectivity index (χ1) is 9.73. The van der Waals surface area contributed by atoms with Crippen LogP contribution in [0, 0.1) is 0 Å². The summed E-state index contributed by atoms with van der Waals surface area (Å²) in [5.74, 6) is -0.237. The van der Waals surface area contributed by atoms with Gasteiger partial charge in [-0.1, -0.05) is 6.07 Å². The largest absolute Gasteiger partial charge is 0.389 e. The zero-order valence-corrected chi connectivity index (χ0v) is 13.9. The minimum atomic E-state index is -0.932. The first kappa shape index (κ1) is 17.7. The van der Waals surface area contributed by atoms with Gasteiger partial charge in [-0.05, 0) is 32.2 Å². The third-order valence-corrected chi connectivity index (χ3v) is 3.94. The van der Waals surface area contributed by atoms with Crippen molar-refractivity contribution in [1.29, 1.82) is 0 Å². The molecule has 0 saturated carbocycles. The quantitative estimate of drug-likeness (QED) is 0.808. The van der Waals surface area contributed by atoms with Crippen LogP contribution in [0.2, 0.25) is 0 Å². The van der Waals surface area contributed by atoms with E-state index in [1.807, 2.05) is 24.4 Å². The lowest BCUT2D eigenvalue weighted by atomic mass is 10.1. The number of likely N-dealkylation sites (N-methyl/N-ethyl adjacent to an activating group) is 1. The molecule has 0 bridgehead atoms. The zero-order chi connectivity index (χ0) is 16.0. The van der Waals surface area contributed by atoms with Crippen molar-refractivity contribution < 1.29 is 14.7 Å². The predicted molar refractivity (Wildman–Crippen MR) is 84.0 cm³/mol. The van der Waals surface area contributed by atoms with Gasteiger partial charge in [-0.2, -0.15) is 0 Å². The fourth-order valence-electron chi connectivity index (χ4n) is 2.10. The molecule has 0 fully saturated rings. The summed E-state index contributed by atoms with van der Waals surface area (Å²) in [4.78, 5) is 26.3. The van der Waals surface area contributed by atoms with E-state index in [4.69, 9.17) is 0 Å². The van der Waals surface area contributed by atoms with E-state index >= 15 is 0 Å². The maximum atomic E-state index is 12.4. The van der Waals surface area contributed by atoms with Gasteiger partial charge >= 0.3 is 0 Å². The molecule has 21 heavy (non-hydrogen) atoms. The highest BCUT2D eigenvalue weighted by molar-refractivity contribution is 7.10. The highest BCUT2D eigenvalue weighted by Crippen LogP contribution is 2.23. The third-order valence-electron chi connectivity index (χ3n) is 2.96. The van der Waals surface area contributed by atoms with Gasteiger partial charge in [0.05, 0.1) is 18.1 Å². The molecular weight excluding hydrogens is 288 g/mol. The minimum Gasteiger partial charge on any atom is -0.389 e. The third kappa shape index (κ3) is 6.27. The Hall–Kier alpha value is -1.40. The standard InChI is InChI=1S/C15H24N2O3S/c1-5-17(10-15(3,4)20)14(19)9-12(16-11(2)18)13-7-6-8-21-13/h6-8,12,20H,5,9-10H2,1-4H3,(H,16,18). The fraction of sp³-hybridized carbons (Fsp3) is 0.600. The summed E-state index contributed by atoms with van der Waals surface area (Å²) in [6.07, 6.45) is 0.198. The minimum absolute atomic E-state index is 0.0771. The summed E-state index contributed by atoms with van der Waals surface area (Å²) >= 11 is 1.51. The van der Waals surface area contributed by atoms with Crippen molar-refractivity contribution in [2.75, 3.05) is 13.1 Å². The van der Waals surface area contributed by atoms with Gasteiger partial charge in [-0.15, -0.1) is 11.3 Å². The van der Waals surface area contributed by atoms with E-state index < -0.39 is 5.60 Å². The van der Waals surface area contributed by atoms with Crippen molar-refractivity contribution in [2.24, 2.45) is 0 Å². The summed E-state index contributed by atoms with van der Waals surface area (Å²) in [5.41, 5.74) is -0.932. The molecule has 0 spiro atoms. The smallest absolute Gasteiger partial charge is 0.225 e. The molecule has 1 heterocycles. The Morgan fingerprint density at radius 2 is 2.14 bits per heavy atom. The molecule has 0 aliphatic heterocycles. The molecule has 0 aliphatic rings. The number of aliphatic hydroxyl groups is 1. The number of rotatable bonds is 7. The lowest BCUT2D eigenvalue weighted by Gasteiger charge is -2.29. The van der Waals surface area contributed by atoms with Gasteiger partial charge in [-0.25, -0.2) is 0 Å². The number of hydrogen-bond donors (Lipinski definition) is 2. The summed E-state index contributed by atoms with van der Waals surface area (Å²) in [5, 5.41) is 14.6. The number of thiophene rings is 1. The number of hydrogen-bond acceptors (Lipinski definition) is 4. The van der Waals surface area contributed by atoms with Gasteiger partial charge in [0.25, 0.3) is 0 Å². The second-order valence-corrected chi connectivity index (χ2v) is 6.67. The van der Waals surface area contributed by atoms with Crippen LogP contribution in [0.1, 0.15) is 45.0 Å². The summed E-state index contributed by atoms with van der Waals surface area (Å²) in [6, 6.07) is 3.49. The molecular formula is C15H24N2O3S. The highest BCUT2D eigenvalue weighted by atomic mass is 32.1. The Morgan fingerprint density at radius 1 is 1.48 bits per heavy atom. The van der Waals surface area contributed by atoms with Crippen LogP contribution >= 0.6 is 11.3 Å². The van der Waals surface area contributed by atoms with Gasteiger partial charge < -0.3 is 15.3 Å². The van der Waals surface area contributed by atoms with Crippen LogP contribution in [0.15, 0.2) is 17.5 Å². The molecule has 118 valence electrons. The molecule has 0 saturated heterocycles. The normalized spacial score (nSPS) is 12.8. The van der Waals surface area contributed by atoms with Crippen molar-refractivity contribution >= 4 is 23.2 Å². The van der Waals surface area contributed by atoms with Crippen molar-refractivity contribution in [1.82, 2.24) is 10.2 Å². The maximum Gasteiger partial charge on any atom is 0.225 e. The van der Waals surface area contributed by atoms with Crippen molar-refractivity contribution in [3.05, 3.63) is 22.4 Å². The van der Waals surface area contributed by atoms with Crippen molar-refractivity contribution in [2.45, 2.75) is 45.8 Å². The Kier molecular flexibility index (Phi) is 6.36. The van der Waals surface area contributed by atoms with Crippen LogP contribution < -0.4 is 5.32 Å². The fourth-order valence-corrected chi connectivity index (χ4v) is 2.88. The number of nitrogens with one attached hydrogen (secondary N) is 1. The van der Waals surface area contributed by atoms with E-state index in [2.05, 4.69) is 5.32 Å². The molecule has 1 aromatic rings. The molecule has 5 nitrogen and oxygen atoms in total. The van der Waals surface area contributed by atoms with E-state index in [1.165, 1.54) is 18.3 Å². The molecule has 0 aromatic carbocycles. The lowest BCUT2D eigenvalue weighted by Crippen LogP contribution is -2.43. The number of nitrogens with zero attached hydrogens (tertiary/aromatic N) is 1. The van der Waals surface area contributed by atoms with Gasteiger partial charge in [0.1, 0.15) is 0 Å². The predicted octanol–water partition coefficient (Wildman–Crippen LogP) is 1.93. The molecule has 0 radical (unpaired) electrons. The summed E-state index contributed by atoms with van der Waals surface area (Å²) in [7, 11) is 0. The van der Waals surface area contributed by atoms with Crippen LogP contribution in [0.3, 0.4) is 0 Å². The van der Waals surface area contributed by atoms with E-state index in [0.717, 1.165) is 4.88 Å². The molecule has 2 N–H and O–H groups in total. The SMILES string of the molecule is CCN(CC(C)(C)O)C(=O)CC(NC(C)=O)c1cccs1. The summed E-state index contributed by atoms with van der Waals surface area (Å²) in [6.45, 7) is 7.47. The van der Waals surface area contributed by atoms with Gasteiger partial charge in [0.15, 0.2) is 0 Å². The van der Waals surface area contributed by atoms with Gasteiger partial charge in [-0.3, -0.25) is 9.59 Å².